The van der Waals surface area contributed by atoms with Crippen LogP contribution in [0, 0.1) is 16.2 Å². The maximum atomic E-state index is 10.3. The lowest BCUT2D eigenvalue weighted by Gasteiger charge is -1.94. The second kappa shape index (κ2) is 3.07. The largest absolute Gasteiger partial charge is 0.306 e. The van der Waals surface area contributed by atoms with E-state index in [4.69, 9.17) is 23.2 Å². The predicted molar refractivity (Wildman–Crippen MR) is 42.0 cm³/mol. The summed E-state index contributed by atoms with van der Waals surface area (Å²) in [7, 11) is 0. The fourth-order valence-corrected chi connectivity index (χ4v) is 1.12. The lowest BCUT2D eigenvalue weighted by molar-refractivity contribution is -0.384. The zero-order valence-electron chi connectivity index (χ0n) is 5.17. The summed E-state index contributed by atoms with van der Waals surface area (Å²) in [6.07, 6.45) is 0. The number of nitro benzene ring substituents is 1. The highest BCUT2D eigenvalue weighted by Crippen LogP contribution is 2.30. The van der Waals surface area contributed by atoms with Gasteiger partial charge in [0.05, 0.1) is 4.92 Å². The Balaban J connectivity index is 3.32. The topological polar surface area (TPSA) is 43.1 Å². The molecule has 0 aliphatic heterocycles. The van der Waals surface area contributed by atoms with E-state index in [0.29, 0.717) is 0 Å². The van der Waals surface area contributed by atoms with Gasteiger partial charge in [0.25, 0.3) is 0 Å². The highest BCUT2D eigenvalue weighted by Gasteiger charge is 2.16. The van der Waals surface area contributed by atoms with Crippen LogP contribution >= 0.6 is 23.2 Å². The van der Waals surface area contributed by atoms with Gasteiger partial charge >= 0.3 is 5.69 Å². The number of hydrogen-bond donors (Lipinski definition) is 0. The molecule has 11 heavy (non-hydrogen) atoms. The van der Waals surface area contributed by atoms with Crippen molar-refractivity contribution >= 4 is 28.9 Å². The van der Waals surface area contributed by atoms with E-state index in [2.05, 4.69) is 6.07 Å². The fourth-order valence-electron chi connectivity index (χ4n) is 0.607. The van der Waals surface area contributed by atoms with Crippen molar-refractivity contribution in [1.29, 1.82) is 0 Å². The molecule has 0 atom stereocenters. The molecule has 5 heteroatoms. The molecule has 0 spiro atoms. The van der Waals surface area contributed by atoms with Gasteiger partial charge in [0.15, 0.2) is 0 Å². The highest BCUT2D eigenvalue weighted by atomic mass is 35.5. The molecule has 0 saturated heterocycles. The molecule has 3 nitrogen and oxygen atoms in total. The average Bonchev–Trinajstić information content (AvgIpc) is 1.85. The number of nitro groups is 1. The van der Waals surface area contributed by atoms with E-state index < -0.39 is 4.92 Å². The van der Waals surface area contributed by atoms with Crippen molar-refractivity contribution in [3.8, 4) is 0 Å². The molecular weight excluding hydrogens is 189 g/mol. The number of halogens is 2. The number of nitrogens with zero attached hydrogens (tertiary/aromatic N) is 1. The van der Waals surface area contributed by atoms with Crippen LogP contribution in [0.15, 0.2) is 12.1 Å². The Morgan fingerprint density at radius 1 is 1.55 bits per heavy atom. The molecule has 1 aromatic rings. The van der Waals surface area contributed by atoms with E-state index in [-0.39, 0.29) is 15.7 Å². The van der Waals surface area contributed by atoms with Gasteiger partial charge in [-0.3, -0.25) is 10.1 Å². The number of rotatable bonds is 1. The van der Waals surface area contributed by atoms with Crippen molar-refractivity contribution < 1.29 is 4.92 Å². The van der Waals surface area contributed by atoms with Crippen molar-refractivity contribution in [3.63, 3.8) is 0 Å². The summed E-state index contributed by atoms with van der Waals surface area (Å²) in [4.78, 5) is 9.62. The van der Waals surface area contributed by atoms with Gasteiger partial charge in [0.2, 0.25) is 0 Å². The maximum Gasteiger partial charge on any atom is 0.306 e. The molecule has 0 N–H and O–H groups in total. The van der Waals surface area contributed by atoms with Crippen LogP contribution in [0.5, 0.6) is 0 Å². The van der Waals surface area contributed by atoms with Crippen LogP contribution < -0.4 is 0 Å². The van der Waals surface area contributed by atoms with E-state index in [1.54, 1.807) is 0 Å². The standard InChI is InChI=1S/C6H2Cl2NO2/c7-4-2-1-3-5(8)6(4)9(10)11/h1-2H. The van der Waals surface area contributed by atoms with Gasteiger partial charge in [-0.1, -0.05) is 29.3 Å². The summed E-state index contributed by atoms with van der Waals surface area (Å²) in [5.74, 6) is 0. The first-order chi connectivity index (χ1) is 5.13. The lowest BCUT2D eigenvalue weighted by atomic mass is 10.3. The number of hydrogen-bond acceptors (Lipinski definition) is 2. The Kier molecular flexibility index (Phi) is 2.31. The summed E-state index contributed by atoms with van der Waals surface area (Å²) in [5, 5.41) is 10.2. The predicted octanol–water partition coefficient (Wildman–Crippen LogP) is 2.70. The van der Waals surface area contributed by atoms with Crippen LogP contribution in [0.25, 0.3) is 0 Å². The van der Waals surface area contributed by atoms with E-state index in [9.17, 15) is 10.1 Å². The molecule has 57 valence electrons. The molecule has 1 aromatic carbocycles. The first kappa shape index (κ1) is 8.30. The summed E-state index contributed by atoms with van der Waals surface area (Å²) >= 11 is 10.9. The Morgan fingerprint density at radius 2 is 2.18 bits per heavy atom. The lowest BCUT2D eigenvalue weighted by Crippen LogP contribution is -1.89. The molecule has 1 radical (unpaired) electrons. The smallest absolute Gasteiger partial charge is 0.258 e. The molecular formula is C6H2Cl2NO2. The third kappa shape index (κ3) is 1.61. The van der Waals surface area contributed by atoms with Crippen molar-refractivity contribution in [1.82, 2.24) is 0 Å². The van der Waals surface area contributed by atoms with Gasteiger partial charge in [-0.05, 0) is 6.07 Å². The molecule has 0 amide bonds. The molecule has 1 rings (SSSR count). The minimum atomic E-state index is -0.638. The Labute approximate surface area is 72.7 Å². The SMILES string of the molecule is O=[N+]([O-])c1c(Cl)[c]ccc1Cl. The van der Waals surface area contributed by atoms with Gasteiger partial charge in [0, 0.05) is 6.07 Å². The second-order valence-electron chi connectivity index (χ2n) is 1.75. The van der Waals surface area contributed by atoms with Gasteiger partial charge < -0.3 is 0 Å². The van der Waals surface area contributed by atoms with Gasteiger partial charge in [-0.2, -0.15) is 0 Å². The molecule has 0 aliphatic rings. The van der Waals surface area contributed by atoms with Crippen LogP contribution in [-0.4, -0.2) is 4.92 Å². The van der Waals surface area contributed by atoms with Crippen LogP contribution in [-0.2, 0) is 0 Å². The Hall–Kier alpha value is -0.800. The van der Waals surface area contributed by atoms with Crippen molar-refractivity contribution in [2.75, 3.05) is 0 Å². The first-order valence-electron chi connectivity index (χ1n) is 2.63. The van der Waals surface area contributed by atoms with E-state index in [1.807, 2.05) is 0 Å². The van der Waals surface area contributed by atoms with E-state index in [1.165, 1.54) is 12.1 Å². The Morgan fingerprint density at radius 3 is 2.55 bits per heavy atom. The molecule has 0 aromatic heterocycles. The molecule has 0 bridgehead atoms. The second-order valence-corrected chi connectivity index (χ2v) is 2.53. The average molecular weight is 191 g/mol. The summed E-state index contributed by atoms with van der Waals surface area (Å²) in [6, 6.07) is 5.26. The third-order valence-electron chi connectivity index (χ3n) is 1.06. The fraction of sp³-hybridized carbons (Fsp3) is 0. The summed E-state index contributed by atoms with van der Waals surface area (Å²) < 4.78 is 0. The van der Waals surface area contributed by atoms with E-state index >= 15 is 0 Å². The minimum absolute atomic E-state index is 0.0266. The Bertz CT molecular complexity index is 280. The molecule has 0 aliphatic carbocycles. The summed E-state index contributed by atoms with van der Waals surface area (Å²) in [6.45, 7) is 0. The van der Waals surface area contributed by atoms with Crippen LogP contribution in [0.1, 0.15) is 0 Å². The van der Waals surface area contributed by atoms with Crippen molar-refractivity contribution in [3.05, 3.63) is 38.4 Å². The molecule has 0 saturated carbocycles. The van der Waals surface area contributed by atoms with Crippen LogP contribution in [0.3, 0.4) is 0 Å². The van der Waals surface area contributed by atoms with Gasteiger partial charge in [-0.25, -0.2) is 0 Å². The highest BCUT2D eigenvalue weighted by molar-refractivity contribution is 6.38. The van der Waals surface area contributed by atoms with Gasteiger partial charge in [0.1, 0.15) is 10.0 Å². The zero-order valence-corrected chi connectivity index (χ0v) is 6.69. The zero-order chi connectivity index (χ0) is 8.43. The van der Waals surface area contributed by atoms with Crippen LogP contribution in [0.4, 0.5) is 5.69 Å². The first-order valence-corrected chi connectivity index (χ1v) is 3.38. The molecule has 0 fully saturated rings. The minimum Gasteiger partial charge on any atom is -0.258 e. The van der Waals surface area contributed by atoms with Crippen molar-refractivity contribution in [2.24, 2.45) is 0 Å². The summed E-state index contributed by atoms with van der Waals surface area (Å²) in [5.41, 5.74) is -0.296. The normalized spacial score (nSPS) is 9.64. The quantitative estimate of drug-likeness (QED) is 0.505. The number of benzene rings is 1. The molecule has 0 heterocycles. The third-order valence-corrected chi connectivity index (χ3v) is 1.65. The van der Waals surface area contributed by atoms with Crippen molar-refractivity contribution in [2.45, 2.75) is 0 Å². The maximum absolute atomic E-state index is 10.3. The monoisotopic (exact) mass is 190 g/mol. The van der Waals surface area contributed by atoms with Crippen LogP contribution in [0.2, 0.25) is 10.0 Å². The van der Waals surface area contributed by atoms with Gasteiger partial charge in [-0.15, -0.1) is 0 Å². The molecule has 0 unspecified atom stereocenters. The van der Waals surface area contributed by atoms with E-state index in [0.717, 1.165) is 0 Å².